The Bertz CT molecular complexity index is 60.0. The molecule has 1 N–H and O–H groups in total. The molecule has 1 nitrogen and oxygen atoms in total. The molecule has 0 bridgehead atoms. The predicted octanol–water partition coefficient (Wildman–Crippen LogP) is 3.61. The van der Waals surface area contributed by atoms with E-state index in [4.69, 9.17) is 0 Å². The molecule has 1 heteroatoms. The molecule has 0 radical (unpaired) electrons. The van der Waals surface area contributed by atoms with Crippen LogP contribution in [0.3, 0.4) is 0 Å². The molecule has 0 fully saturated rings. The van der Waals surface area contributed by atoms with Gasteiger partial charge in [0.05, 0.1) is 0 Å². The molecule has 0 aromatic carbocycles. The van der Waals surface area contributed by atoms with Crippen LogP contribution in [0, 0.1) is 0 Å². The fourth-order valence-corrected chi connectivity index (χ4v) is 0.691. The van der Waals surface area contributed by atoms with Crippen molar-refractivity contribution in [2.45, 2.75) is 53.5 Å². The zero-order valence-corrected chi connectivity index (χ0v) is 9.78. The summed E-state index contributed by atoms with van der Waals surface area (Å²) in [6, 6.07) is 0.514. The van der Waals surface area contributed by atoms with E-state index in [0.29, 0.717) is 6.04 Å². The van der Waals surface area contributed by atoms with Crippen LogP contribution < -0.4 is 5.32 Å². The maximum Gasteiger partial charge on any atom is 0.0244 e. The first-order chi connectivity index (χ1) is 5.85. The van der Waals surface area contributed by atoms with Crippen molar-refractivity contribution in [3.8, 4) is 0 Å². The van der Waals surface area contributed by atoms with Crippen LogP contribution in [-0.2, 0) is 0 Å². The summed E-state index contributed by atoms with van der Waals surface area (Å²) in [6.07, 6.45) is 4.36. The van der Waals surface area contributed by atoms with Gasteiger partial charge in [-0.15, -0.1) is 6.58 Å². The van der Waals surface area contributed by atoms with Gasteiger partial charge in [0.2, 0.25) is 0 Å². The van der Waals surface area contributed by atoms with E-state index in [-0.39, 0.29) is 0 Å². The average molecular weight is 173 g/mol. The Morgan fingerprint density at radius 3 is 1.75 bits per heavy atom. The third kappa shape index (κ3) is 16.4. The Hall–Kier alpha value is -0.300. The maximum atomic E-state index is 3.69. The van der Waals surface area contributed by atoms with Crippen molar-refractivity contribution in [2.24, 2.45) is 0 Å². The molecule has 0 aliphatic carbocycles. The smallest absolute Gasteiger partial charge is 0.0244 e. The van der Waals surface area contributed by atoms with Gasteiger partial charge >= 0.3 is 0 Å². The third-order valence-electron chi connectivity index (χ3n) is 1.25. The lowest BCUT2D eigenvalue weighted by Crippen LogP contribution is -2.21. The Balaban J connectivity index is -0.000000175. The number of hydrogen-bond acceptors (Lipinski definition) is 1. The Morgan fingerprint density at radius 1 is 1.25 bits per heavy atom. The zero-order chi connectivity index (χ0) is 10.4. The van der Waals surface area contributed by atoms with E-state index < -0.39 is 0 Å². The molecule has 0 saturated heterocycles. The van der Waals surface area contributed by atoms with Gasteiger partial charge in [0.1, 0.15) is 0 Å². The van der Waals surface area contributed by atoms with Gasteiger partial charge in [-0.2, -0.15) is 0 Å². The molecule has 0 amide bonds. The van der Waals surface area contributed by atoms with Gasteiger partial charge in [-0.3, -0.25) is 0 Å². The van der Waals surface area contributed by atoms with Gasteiger partial charge in [0.25, 0.3) is 0 Å². The SMILES string of the molecule is C=CC(CCC)NC.CC.CC. The molecule has 0 aliphatic heterocycles. The highest BCUT2D eigenvalue weighted by molar-refractivity contribution is 4.83. The molecule has 76 valence electrons. The van der Waals surface area contributed by atoms with Gasteiger partial charge in [-0.1, -0.05) is 47.1 Å². The first-order valence-electron chi connectivity index (χ1n) is 5.15. The molecular formula is C11H27N. The molecule has 0 heterocycles. The Labute approximate surface area is 79.3 Å². The minimum absolute atomic E-state index is 0.514. The van der Waals surface area contributed by atoms with Crippen molar-refractivity contribution in [1.82, 2.24) is 5.32 Å². The van der Waals surface area contributed by atoms with E-state index in [2.05, 4.69) is 18.8 Å². The fraction of sp³-hybridized carbons (Fsp3) is 0.818. The highest BCUT2D eigenvalue weighted by Crippen LogP contribution is 1.94. The second kappa shape index (κ2) is 22.4. The lowest BCUT2D eigenvalue weighted by Gasteiger charge is -2.07. The van der Waals surface area contributed by atoms with Crippen LogP contribution in [0.15, 0.2) is 12.7 Å². The summed E-state index contributed by atoms with van der Waals surface area (Å²) in [6.45, 7) is 13.9. The Morgan fingerprint density at radius 2 is 1.67 bits per heavy atom. The Kier molecular flexibility index (Phi) is 33.1. The zero-order valence-electron chi connectivity index (χ0n) is 9.78. The summed E-state index contributed by atoms with van der Waals surface area (Å²) in [5.74, 6) is 0. The fourth-order valence-electron chi connectivity index (χ4n) is 0.691. The highest BCUT2D eigenvalue weighted by Gasteiger charge is 1.94. The molecule has 1 atom stereocenters. The van der Waals surface area contributed by atoms with Crippen LogP contribution in [0.2, 0.25) is 0 Å². The van der Waals surface area contributed by atoms with Crippen LogP contribution in [0.1, 0.15) is 47.5 Å². The van der Waals surface area contributed by atoms with Crippen LogP contribution in [0.4, 0.5) is 0 Å². The number of rotatable bonds is 4. The monoisotopic (exact) mass is 173 g/mol. The highest BCUT2D eigenvalue weighted by atomic mass is 14.8. The van der Waals surface area contributed by atoms with Gasteiger partial charge < -0.3 is 5.32 Å². The quantitative estimate of drug-likeness (QED) is 0.640. The molecule has 0 saturated carbocycles. The summed E-state index contributed by atoms with van der Waals surface area (Å²) in [7, 11) is 1.96. The first-order valence-corrected chi connectivity index (χ1v) is 5.15. The predicted molar refractivity (Wildman–Crippen MR) is 60.6 cm³/mol. The molecular weight excluding hydrogens is 146 g/mol. The molecule has 0 rings (SSSR count). The molecule has 0 aliphatic rings. The summed E-state index contributed by atoms with van der Waals surface area (Å²) >= 11 is 0. The van der Waals surface area contributed by atoms with Crippen LogP contribution >= 0.6 is 0 Å². The second-order valence-electron chi connectivity index (χ2n) is 1.92. The van der Waals surface area contributed by atoms with E-state index in [0.717, 1.165) is 0 Å². The van der Waals surface area contributed by atoms with Crippen molar-refractivity contribution < 1.29 is 0 Å². The van der Waals surface area contributed by atoms with Gasteiger partial charge in [0, 0.05) is 6.04 Å². The minimum Gasteiger partial charge on any atom is -0.314 e. The maximum absolute atomic E-state index is 3.69. The lowest BCUT2D eigenvalue weighted by molar-refractivity contribution is 0.605. The van der Waals surface area contributed by atoms with Gasteiger partial charge in [-0.05, 0) is 13.5 Å². The number of nitrogens with one attached hydrogen (secondary N) is 1. The van der Waals surface area contributed by atoms with E-state index in [9.17, 15) is 0 Å². The molecule has 0 spiro atoms. The van der Waals surface area contributed by atoms with Crippen LogP contribution in [-0.4, -0.2) is 13.1 Å². The van der Waals surface area contributed by atoms with Crippen molar-refractivity contribution in [2.75, 3.05) is 7.05 Å². The standard InChI is InChI=1S/C7H15N.2C2H6/c1-4-6-7(5-2)8-3;2*1-2/h5,7-8H,2,4,6H2,1,3H3;2*1-2H3. The van der Waals surface area contributed by atoms with Crippen LogP contribution in [0.5, 0.6) is 0 Å². The number of likely N-dealkylation sites (N-methyl/N-ethyl adjacent to an activating group) is 1. The minimum atomic E-state index is 0.514. The van der Waals surface area contributed by atoms with E-state index in [1.54, 1.807) is 0 Å². The lowest BCUT2D eigenvalue weighted by atomic mass is 10.2. The normalized spacial score (nSPS) is 9.83. The summed E-state index contributed by atoms with van der Waals surface area (Å²) in [4.78, 5) is 0. The number of hydrogen-bond donors (Lipinski definition) is 1. The van der Waals surface area contributed by atoms with E-state index >= 15 is 0 Å². The van der Waals surface area contributed by atoms with E-state index in [1.807, 2.05) is 40.8 Å². The summed E-state index contributed by atoms with van der Waals surface area (Å²) in [5.41, 5.74) is 0. The van der Waals surface area contributed by atoms with Crippen molar-refractivity contribution in [3.05, 3.63) is 12.7 Å². The van der Waals surface area contributed by atoms with Crippen molar-refractivity contribution in [3.63, 3.8) is 0 Å². The third-order valence-corrected chi connectivity index (χ3v) is 1.25. The van der Waals surface area contributed by atoms with E-state index in [1.165, 1.54) is 12.8 Å². The van der Waals surface area contributed by atoms with Gasteiger partial charge in [-0.25, -0.2) is 0 Å². The average Bonchev–Trinajstić information content (AvgIpc) is 2.20. The first kappa shape index (κ1) is 17.7. The molecule has 0 aromatic rings. The largest absolute Gasteiger partial charge is 0.314 e. The molecule has 1 unspecified atom stereocenters. The van der Waals surface area contributed by atoms with Gasteiger partial charge in [0.15, 0.2) is 0 Å². The second-order valence-corrected chi connectivity index (χ2v) is 1.92. The van der Waals surface area contributed by atoms with Crippen molar-refractivity contribution in [1.29, 1.82) is 0 Å². The van der Waals surface area contributed by atoms with Crippen molar-refractivity contribution >= 4 is 0 Å². The molecule has 12 heavy (non-hydrogen) atoms. The topological polar surface area (TPSA) is 12.0 Å². The van der Waals surface area contributed by atoms with Crippen LogP contribution in [0.25, 0.3) is 0 Å². The summed E-state index contributed by atoms with van der Waals surface area (Å²) < 4.78 is 0. The molecule has 0 aromatic heterocycles. The summed E-state index contributed by atoms with van der Waals surface area (Å²) in [5, 5.41) is 3.13.